The first-order valence-corrected chi connectivity index (χ1v) is 6.67. The fourth-order valence-electron chi connectivity index (χ4n) is 1.70. The molecule has 0 aliphatic carbocycles. The van der Waals surface area contributed by atoms with Gasteiger partial charge in [-0.15, -0.1) is 0 Å². The van der Waals surface area contributed by atoms with E-state index in [2.05, 4.69) is 30.9 Å². The molecule has 0 amide bonds. The van der Waals surface area contributed by atoms with Crippen LogP contribution >= 0.6 is 15.9 Å². The number of nitrogens with zero attached hydrogens (tertiary/aromatic N) is 3. The predicted octanol–water partition coefficient (Wildman–Crippen LogP) is 3.40. The van der Waals surface area contributed by atoms with Gasteiger partial charge in [0.05, 0.1) is 12.8 Å². The smallest absolute Gasteiger partial charge is 0.250 e. The van der Waals surface area contributed by atoms with Crippen LogP contribution in [0.5, 0.6) is 5.88 Å². The Hall–Kier alpha value is -1.56. The quantitative estimate of drug-likeness (QED) is 0.808. The van der Waals surface area contributed by atoms with Crippen LogP contribution in [0.25, 0.3) is 11.3 Å². The molecule has 2 rings (SSSR count). The van der Waals surface area contributed by atoms with Crippen LogP contribution in [-0.2, 0) is 6.42 Å². The van der Waals surface area contributed by atoms with Crippen LogP contribution < -0.4 is 4.74 Å². The van der Waals surface area contributed by atoms with Crippen molar-refractivity contribution in [2.24, 2.45) is 0 Å². The van der Waals surface area contributed by atoms with E-state index < -0.39 is 5.82 Å². The molecular weight excluding hydrogens is 313 g/mol. The minimum Gasteiger partial charge on any atom is -0.479 e. The Labute approximate surface area is 119 Å². The van der Waals surface area contributed by atoms with Crippen LogP contribution in [0.1, 0.15) is 19.2 Å². The van der Waals surface area contributed by atoms with Gasteiger partial charge in [0.25, 0.3) is 5.88 Å². The van der Waals surface area contributed by atoms with Gasteiger partial charge in [-0.2, -0.15) is 0 Å². The number of rotatable bonds is 4. The second kappa shape index (κ2) is 6.06. The third-order valence-corrected chi connectivity index (χ3v) is 2.95. The van der Waals surface area contributed by atoms with Gasteiger partial charge in [0.15, 0.2) is 5.82 Å². The highest BCUT2D eigenvalue weighted by molar-refractivity contribution is 9.10. The molecule has 0 N–H and O–H groups in total. The topological polar surface area (TPSA) is 47.9 Å². The van der Waals surface area contributed by atoms with Crippen LogP contribution in [0.2, 0.25) is 0 Å². The van der Waals surface area contributed by atoms with Crippen LogP contribution in [0.4, 0.5) is 4.39 Å². The number of aryl methyl sites for hydroxylation is 1. The average Bonchev–Trinajstić information content (AvgIpc) is 2.38. The van der Waals surface area contributed by atoms with Crippen molar-refractivity contribution in [3.8, 4) is 17.1 Å². The van der Waals surface area contributed by atoms with Gasteiger partial charge in [-0.1, -0.05) is 6.92 Å². The van der Waals surface area contributed by atoms with Crippen molar-refractivity contribution in [3.05, 3.63) is 34.6 Å². The Bertz CT molecular complexity index is 592. The Morgan fingerprint density at radius 3 is 2.84 bits per heavy atom. The number of halogens is 2. The number of hydrogen-bond acceptors (Lipinski definition) is 4. The van der Waals surface area contributed by atoms with Crippen LogP contribution in [0, 0.1) is 5.82 Å². The Kier molecular flexibility index (Phi) is 4.42. The zero-order valence-electron chi connectivity index (χ0n) is 10.7. The fourth-order valence-corrected chi connectivity index (χ4v) is 2.12. The summed E-state index contributed by atoms with van der Waals surface area (Å²) in [6.07, 6.45) is 3.17. The molecule has 0 atom stereocenters. The van der Waals surface area contributed by atoms with Crippen molar-refractivity contribution in [2.45, 2.75) is 19.8 Å². The molecule has 0 aromatic carbocycles. The Balaban J connectivity index is 2.52. The second-order valence-electron chi connectivity index (χ2n) is 3.92. The summed E-state index contributed by atoms with van der Waals surface area (Å²) in [5.74, 6) is 0.129. The summed E-state index contributed by atoms with van der Waals surface area (Å²) >= 11 is 3.32. The van der Waals surface area contributed by atoms with Crippen molar-refractivity contribution in [1.29, 1.82) is 0 Å². The van der Waals surface area contributed by atoms with Gasteiger partial charge in [-0.25, -0.2) is 19.3 Å². The molecule has 0 aliphatic rings. The van der Waals surface area contributed by atoms with E-state index in [1.807, 2.05) is 6.92 Å². The highest BCUT2D eigenvalue weighted by Crippen LogP contribution is 2.27. The highest BCUT2D eigenvalue weighted by Gasteiger charge is 2.14. The van der Waals surface area contributed by atoms with Crippen molar-refractivity contribution in [3.63, 3.8) is 0 Å². The minimum atomic E-state index is -0.516. The molecule has 0 aliphatic heterocycles. The van der Waals surface area contributed by atoms with Gasteiger partial charge < -0.3 is 4.74 Å². The van der Waals surface area contributed by atoms with E-state index in [9.17, 15) is 4.39 Å². The van der Waals surface area contributed by atoms with Gasteiger partial charge in [-0.3, -0.25) is 0 Å². The summed E-state index contributed by atoms with van der Waals surface area (Å²) in [5.41, 5.74) is 0.871. The van der Waals surface area contributed by atoms with Crippen LogP contribution in [-0.4, -0.2) is 22.1 Å². The van der Waals surface area contributed by atoms with Crippen molar-refractivity contribution in [1.82, 2.24) is 15.0 Å². The second-order valence-corrected chi connectivity index (χ2v) is 4.74. The van der Waals surface area contributed by atoms with E-state index in [0.29, 0.717) is 21.7 Å². The lowest BCUT2D eigenvalue weighted by atomic mass is 10.1. The van der Waals surface area contributed by atoms with E-state index >= 15 is 0 Å². The van der Waals surface area contributed by atoms with Crippen LogP contribution in [0.15, 0.2) is 22.9 Å². The SMILES string of the molecule is CCCc1nc(Br)cc(-c2ccnc(OC)c2F)n1. The molecule has 0 spiro atoms. The van der Waals surface area contributed by atoms with Crippen molar-refractivity contribution < 1.29 is 9.13 Å². The van der Waals surface area contributed by atoms with Gasteiger partial charge in [0.2, 0.25) is 0 Å². The van der Waals surface area contributed by atoms with E-state index in [0.717, 1.165) is 12.8 Å². The largest absolute Gasteiger partial charge is 0.479 e. The number of aromatic nitrogens is 3. The lowest BCUT2D eigenvalue weighted by molar-refractivity contribution is 0.370. The molecule has 0 fully saturated rings. The van der Waals surface area contributed by atoms with E-state index in [-0.39, 0.29) is 5.88 Å². The third kappa shape index (κ3) is 3.07. The van der Waals surface area contributed by atoms with E-state index in [1.165, 1.54) is 13.3 Å². The monoisotopic (exact) mass is 325 g/mol. The molecule has 100 valence electrons. The highest BCUT2D eigenvalue weighted by atomic mass is 79.9. The molecule has 4 nitrogen and oxygen atoms in total. The van der Waals surface area contributed by atoms with Crippen molar-refractivity contribution >= 4 is 15.9 Å². The van der Waals surface area contributed by atoms with Gasteiger partial charge in [0.1, 0.15) is 10.4 Å². The van der Waals surface area contributed by atoms with Gasteiger partial charge >= 0.3 is 0 Å². The maximum absolute atomic E-state index is 14.1. The molecule has 19 heavy (non-hydrogen) atoms. The number of hydrogen-bond donors (Lipinski definition) is 0. The Morgan fingerprint density at radius 2 is 2.16 bits per heavy atom. The summed E-state index contributed by atoms with van der Waals surface area (Å²) in [6.45, 7) is 2.04. The van der Waals surface area contributed by atoms with Gasteiger partial charge in [-0.05, 0) is 34.5 Å². The molecule has 0 saturated carbocycles. The zero-order chi connectivity index (χ0) is 13.8. The minimum absolute atomic E-state index is 0.0377. The van der Waals surface area contributed by atoms with E-state index in [4.69, 9.17) is 4.74 Å². The summed E-state index contributed by atoms with van der Waals surface area (Å²) in [6, 6.07) is 3.25. The molecule has 0 radical (unpaired) electrons. The third-order valence-electron chi connectivity index (χ3n) is 2.54. The summed E-state index contributed by atoms with van der Waals surface area (Å²) in [7, 11) is 1.38. The average molecular weight is 326 g/mol. The number of pyridine rings is 1. The zero-order valence-corrected chi connectivity index (χ0v) is 12.2. The summed E-state index contributed by atoms with van der Waals surface area (Å²) in [5, 5.41) is 0. The normalized spacial score (nSPS) is 10.5. The maximum atomic E-state index is 14.1. The lowest BCUT2D eigenvalue weighted by Crippen LogP contribution is -2.00. The Morgan fingerprint density at radius 1 is 1.37 bits per heavy atom. The molecule has 2 aromatic heterocycles. The first-order chi connectivity index (χ1) is 9.15. The molecular formula is C13H13BrFN3O. The summed E-state index contributed by atoms with van der Waals surface area (Å²) < 4.78 is 19.7. The predicted molar refractivity (Wildman–Crippen MR) is 73.5 cm³/mol. The molecule has 6 heteroatoms. The molecule has 0 bridgehead atoms. The maximum Gasteiger partial charge on any atom is 0.250 e. The van der Waals surface area contributed by atoms with Crippen molar-refractivity contribution in [2.75, 3.05) is 7.11 Å². The summed E-state index contributed by atoms with van der Waals surface area (Å²) in [4.78, 5) is 12.4. The number of methoxy groups -OCH3 is 1. The van der Waals surface area contributed by atoms with Crippen LogP contribution in [0.3, 0.4) is 0 Å². The molecule has 2 heterocycles. The standard InChI is InChI=1S/C13H13BrFN3O/c1-3-4-11-17-9(7-10(14)18-11)8-5-6-16-13(19-2)12(8)15/h5-7H,3-4H2,1-2H3. The first kappa shape index (κ1) is 13.9. The lowest BCUT2D eigenvalue weighted by Gasteiger charge is -2.07. The molecule has 0 saturated heterocycles. The fraction of sp³-hybridized carbons (Fsp3) is 0.308. The van der Waals surface area contributed by atoms with E-state index in [1.54, 1.807) is 12.1 Å². The molecule has 0 unspecified atom stereocenters. The number of ether oxygens (including phenoxy) is 1. The first-order valence-electron chi connectivity index (χ1n) is 5.88. The van der Waals surface area contributed by atoms with Gasteiger partial charge in [0, 0.05) is 18.2 Å². The molecule has 2 aromatic rings.